The normalized spacial score (nSPS) is 39.3. The van der Waals surface area contributed by atoms with E-state index in [1.165, 1.54) is 19.3 Å². The number of hydrogen-bond acceptors (Lipinski definition) is 9. The molecule has 3 aliphatic carbocycles. The molecule has 9 unspecified atom stereocenters. The summed E-state index contributed by atoms with van der Waals surface area (Å²) in [5.41, 5.74) is -0.441. The minimum atomic E-state index is -1.29. The molecular formula is C35H54FN5O6. The van der Waals surface area contributed by atoms with Crippen LogP contribution < -0.4 is 10.6 Å². The quantitative estimate of drug-likeness (QED) is 0.416. The molecule has 262 valence electrons. The van der Waals surface area contributed by atoms with Crippen LogP contribution in [0.4, 0.5) is 9.18 Å². The van der Waals surface area contributed by atoms with E-state index < -0.39 is 35.9 Å². The number of carbonyl (C=O) groups is 3. The number of likely N-dealkylation sites (tertiary alicyclic amines) is 1. The number of alkyl carbamates (subject to hydrolysis) is 1. The molecule has 0 radical (unpaired) electrons. The van der Waals surface area contributed by atoms with E-state index in [1.807, 2.05) is 27.0 Å². The van der Waals surface area contributed by atoms with Gasteiger partial charge in [0.1, 0.15) is 11.8 Å². The van der Waals surface area contributed by atoms with E-state index in [-0.39, 0.29) is 47.9 Å². The summed E-state index contributed by atoms with van der Waals surface area (Å²) in [6.07, 6.45) is 7.07. The van der Waals surface area contributed by atoms with E-state index in [1.54, 1.807) is 0 Å². The van der Waals surface area contributed by atoms with Crippen LogP contribution in [-0.4, -0.2) is 133 Å². The Bertz CT molecular complexity index is 1220. The van der Waals surface area contributed by atoms with E-state index in [2.05, 4.69) is 25.3 Å². The largest absolute Gasteiger partial charge is 0.444 e. The molecule has 12 heteroatoms. The summed E-state index contributed by atoms with van der Waals surface area (Å²) in [6, 6.07) is -0.928. The molecule has 3 saturated heterocycles. The van der Waals surface area contributed by atoms with Crippen molar-refractivity contribution in [3.63, 3.8) is 0 Å². The van der Waals surface area contributed by atoms with Crippen molar-refractivity contribution in [2.75, 3.05) is 52.5 Å². The topological polar surface area (TPSA) is 113 Å². The molecule has 0 bridgehead atoms. The summed E-state index contributed by atoms with van der Waals surface area (Å²) in [5.74, 6) is -0.256. The van der Waals surface area contributed by atoms with Gasteiger partial charge in [-0.3, -0.25) is 19.4 Å². The van der Waals surface area contributed by atoms with Crippen LogP contribution in [0.3, 0.4) is 0 Å². The third-order valence-electron chi connectivity index (χ3n) is 11.9. The van der Waals surface area contributed by atoms with Crippen LogP contribution in [0, 0.1) is 17.8 Å². The van der Waals surface area contributed by atoms with E-state index in [0.717, 1.165) is 32.4 Å². The Kier molecular flexibility index (Phi) is 9.58. The smallest absolute Gasteiger partial charge is 0.407 e. The SMILES string of the molecule is CC(C)(C)OC(=O)N[C@@H]1CCN(C2C(F)CC3C(=O)C(C(=O)NCCN4CCOCC4)=CN4C5CCC6CCCCC6C5OC2C34)C1. The van der Waals surface area contributed by atoms with Gasteiger partial charge in [0.15, 0.2) is 5.78 Å². The molecule has 6 fully saturated rings. The average Bonchev–Trinajstić information content (AvgIpc) is 3.49. The maximum absolute atomic E-state index is 16.6. The van der Waals surface area contributed by atoms with Crippen molar-refractivity contribution in [1.82, 2.24) is 25.3 Å². The van der Waals surface area contributed by atoms with Crippen LogP contribution in [-0.2, 0) is 23.8 Å². The molecule has 7 aliphatic rings. The van der Waals surface area contributed by atoms with Crippen LogP contribution in [0.1, 0.15) is 72.1 Å². The van der Waals surface area contributed by atoms with E-state index in [4.69, 9.17) is 14.2 Å². The number of amides is 2. The van der Waals surface area contributed by atoms with Gasteiger partial charge >= 0.3 is 6.09 Å². The third kappa shape index (κ3) is 6.81. The Morgan fingerprint density at radius 2 is 1.81 bits per heavy atom. The first kappa shape index (κ1) is 33.2. The van der Waals surface area contributed by atoms with Gasteiger partial charge in [0.25, 0.3) is 5.91 Å². The highest BCUT2D eigenvalue weighted by Gasteiger charge is 2.61. The summed E-state index contributed by atoms with van der Waals surface area (Å²) in [5, 5.41) is 5.98. The molecule has 10 atom stereocenters. The number of ether oxygens (including phenoxy) is 3. The molecule has 47 heavy (non-hydrogen) atoms. The summed E-state index contributed by atoms with van der Waals surface area (Å²) < 4.78 is 34.6. The van der Waals surface area contributed by atoms with Crippen LogP contribution in [0.5, 0.6) is 0 Å². The second kappa shape index (κ2) is 13.6. The summed E-state index contributed by atoms with van der Waals surface area (Å²) >= 11 is 0. The first-order chi connectivity index (χ1) is 22.6. The molecule has 2 N–H and O–H groups in total. The molecule has 4 heterocycles. The Morgan fingerprint density at radius 1 is 1.02 bits per heavy atom. The fourth-order valence-electron chi connectivity index (χ4n) is 9.83. The van der Waals surface area contributed by atoms with Gasteiger partial charge in [-0.1, -0.05) is 19.3 Å². The minimum absolute atomic E-state index is 0.0582. The Balaban J connectivity index is 1.12. The molecule has 0 aromatic rings. The highest BCUT2D eigenvalue weighted by Crippen LogP contribution is 2.51. The van der Waals surface area contributed by atoms with Crippen molar-refractivity contribution in [3.8, 4) is 0 Å². The number of hydrogen-bond donors (Lipinski definition) is 2. The van der Waals surface area contributed by atoms with Crippen molar-refractivity contribution < 1.29 is 33.0 Å². The lowest BCUT2D eigenvalue weighted by molar-refractivity contribution is -0.231. The number of fused-ring (bicyclic) bond motifs is 4. The van der Waals surface area contributed by atoms with Crippen molar-refractivity contribution in [1.29, 1.82) is 0 Å². The van der Waals surface area contributed by atoms with Gasteiger partial charge in [-0.2, -0.15) is 0 Å². The zero-order valence-corrected chi connectivity index (χ0v) is 28.3. The van der Waals surface area contributed by atoms with Gasteiger partial charge in [-0.25, -0.2) is 9.18 Å². The van der Waals surface area contributed by atoms with Crippen molar-refractivity contribution >= 4 is 17.8 Å². The molecule has 2 amide bonds. The number of Topliss-reactive ketones (excluding diaryl/α,β-unsaturated/α-hetero) is 1. The summed E-state index contributed by atoms with van der Waals surface area (Å²) in [7, 11) is 0. The average molecular weight is 660 g/mol. The van der Waals surface area contributed by atoms with Gasteiger partial charge in [0.2, 0.25) is 0 Å². The first-order valence-electron chi connectivity index (χ1n) is 18.2. The molecule has 0 aromatic carbocycles. The highest BCUT2D eigenvalue weighted by molar-refractivity contribution is 6.20. The molecule has 4 aliphatic heterocycles. The van der Waals surface area contributed by atoms with Crippen LogP contribution in [0.15, 0.2) is 11.8 Å². The second-order valence-electron chi connectivity index (χ2n) is 15.9. The van der Waals surface area contributed by atoms with Gasteiger partial charge in [-0.05, 0) is 64.7 Å². The number of nitrogens with one attached hydrogen (secondary N) is 2. The van der Waals surface area contributed by atoms with Gasteiger partial charge in [0.05, 0.1) is 49.1 Å². The van der Waals surface area contributed by atoms with Crippen LogP contribution >= 0.6 is 0 Å². The molecule has 11 nitrogen and oxygen atoms in total. The van der Waals surface area contributed by atoms with Crippen molar-refractivity contribution in [2.24, 2.45) is 17.8 Å². The highest BCUT2D eigenvalue weighted by atomic mass is 19.1. The van der Waals surface area contributed by atoms with Crippen molar-refractivity contribution in [2.45, 2.75) is 120 Å². The molecular weight excluding hydrogens is 605 g/mol. The van der Waals surface area contributed by atoms with Gasteiger partial charge in [-0.15, -0.1) is 0 Å². The van der Waals surface area contributed by atoms with E-state index in [0.29, 0.717) is 57.6 Å². The van der Waals surface area contributed by atoms with Crippen molar-refractivity contribution in [3.05, 3.63) is 11.8 Å². The second-order valence-corrected chi connectivity index (χ2v) is 15.9. The summed E-state index contributed by atoms with van der Waals surface area (Å²) in [6.45, 7) is 10.8. The lowest BCUT2D eigenvalue weighted by atomic mass is 9.64. The van der Waals surface area contributed by atoms with E-state index in [9.17, 15) is 14.4 Å². The fraction of sp³-hybridized carbons (Fsp3) is 0.857. The number of nitrogens with zero attached hydrogens (tertiary/aromatic N) is 3. The molecule has 0 spiro atoms. The number of alkyl halides is 1. The standard InChI is InChI=1S/C35H54FN5O6/c1-35(2,3)47-34(44)38-22-10-12-40(19-22)29-26(36)18-24-28-32(29)46-31-23-7-5-4-6-21(23)8-9-27(31)41(28)20-25(30(24)42)33(43)37-11-13-39-14-16-45-17-15-39/h20-24,26-29,31-32H,4-19H2,1-3H3,(H,37,43)(H,38,44)/t21?,22-,23?,24?,26?,27?,28?,29?,31?,32?/m1/s1. The van der Waals surface area contributed by atoms with Crippen LogP contribution in [0.2, 0.25) is 0 Å². The maximum atomic E-state index is 16.6. The predicted octanol–water partition coefficient (Wildman–Crippen LogP) is 2.63. The Morgan fingerprint density at radius 3 is 2.60 bits per heavy atom. The number of halogens is 1. The number of morpholine rings is 2. The van der Waals surface area contributed by atoms with Gasteiger partial charge < -0.3 is 29.7 Å². The first-order valence-corrected chi connectivity index (χ1v) is 18.2. The number of ketones is 1. The predicted molar refractivity (Wildman–Crippen MR) is 172 cm³/mol. The molecule has 7 rings (SSSR count). The monoisotopic (exact) mass is 659 g/mol. The van der Waals surface area contributed by atoms with Gasteiger partial charge in [0, 0.05) is 57.4 Å². The lowest BCUT2D eigenvalue weighted by Crippen LogP contribution is -2.74. The zero-order chi connectivity index (χ0) is 32.9. The number of carbonyl (C=O) groups excluding carboxylic acids is 3. The third-order valence-corrected chi connectivity index (χ3v) is 11.9. The lowest BCUT2D eigenvalue weighted by Gasteiger charge is -2.62. The zero-order valence-electron chi connectivity index (χ0n) is 28.3. The van der Waals surface area contributed by atoms with E-state index >= 15 is 4.39 Å². The Hall–Kier alpha value is -2.28. The maximum Gasteiger partial charge on any atom is 0.407 e. The van der Waals surface area contributed by atoms with Crippen LogP contribution in [0.25, 0.3) is 0 Å². The summed E-state index contributed by atoms with van der Waals surface area (Å²) in [4.78, 5) is 46.9. The molecule has 0 aromatic heterocycles. The molecule has 3 saturated carbocycles. The Labute approximate surface area is 278 Å². The number of rotatable bonds is 6. The minimum Gasteiger partial charge on any atom is -0.444 e. The fourth-order valence-corrected chi connectivity index (χ4v) is 9.83.